The third kappa shape index (κ3) is 3.94. The van der Waals surface area contributed by atoms with E-state index in [1.54, 1.807) is 23.3 Å². The van der Waals surface area contributed by atoms with Crippen molar-refractivity contribution in [2.75, 3.05) is 13.2 Å². The molecule has 1 saturated heterocycles. The largest absolute Gasteiger partial charge is 0.467 e. The highest BCUT2D eigenvalue weighted by Gasteiger charge is 2.26. The molecule has 2 aromatic heterocycles. The quantitative estimate of drug-likeness (QED) is 0.605. The molecular weight excluding hydrogens is 405 g/mol. The lowest BCUT2D eigenvalue weighted by molar-refractivity contribution is 0.0469. The van der Waals surface area contributed by atoms with Crippen molar-refractivity contribution in [1.82, 2.24) is 4.90 Å². The van der Waals surface area contributed by atoms with Crippen molar-refractivity contribution in [1.29, 1.82) is 0 Å². The summed E-state index contributed by atoms with van der Waals surface area (Å²) < 4.78 is 16.7. The van der Waals surface area contributed by atoms with Crippen LogP contribution >= 0.6 is 23.2 Å². The first-order valence-corrected chi connectivity index (χ1v) is 9.63. The Balaban J connectivity index is 1.69. The van der Waals surface area contributed by atoms with Crippen LogP contribution in [0.3, 0.4) is 0 Å². The van der Waals surface area contributed by atoms with Gasteiger partial charge in [0.2, 0.25) is 0 Å². The molecule has 1 aromatic carbocycles. The Labute approximate surface area is 170 Å². The number of ether oxygens (including phenoxy) is 1. The molecule has 0 bridgehead atoms. The van der Waals surface area contributed by atoms with Crippen LogP contribution in [0.4, 0.5) is 0 Å². The maximum atomic E-state index is 13.2. The first-order valence-electron chi connectivity index (χ1n) is 8.87. The van der Waals surface area contributed by atoms with Gasteiger partial charge in [-0.3, -0.25) is 9.59 Å². The zero-order valence-corrected chi connectivity index (χ0v) is 16.3. The van der Waals surface area contributed by atoms with Crippen LogP contribution in [0, 0.1) is 0 Å². The standard InChI is InChI=1S/C20H17Cl2NO5/c21-12-7-15-17(24)9-18(28-19(15)16(22)8-12)20(25)23(10-13-3-1-5-26-13)11-14-4-2-6-27-14/h1,3,5,7-9,14H,2,4,6,10-11H2/t14-/m0/s1. The fourth-order valence-electron chi connectivity index (χ4n) is 3.29. The van der Waals surface area contributed by atoms with Crippen LogP contribution in [0.5, 0.6) is 0 Å². The average Bonchev–Trinajstić information content (AvgIpc) is 3.35. The van der Waals surface area contributed by atoms with Crippen LogP contribution in [-0.2, 0) is 11.3 Å². The van der Waals surface area contributed by atoms with Crippen molar-refractivity contribution in [2.24, 2.45) is 0 Å². The minimum Gasteiger partial charge on any atom is -0.467 e. The van der Waals surface area contributed by atoms with Crippen molar-refractivity contribution in [3.05, 3.63) is 68.4 Å². The number of benzene rings is 1. The second-order valence-electron chi connectivity index (χ2n) is 6.64. The fraction of sp³-hybridized carbons (Fsp3) is 0.300. The van der Waals surface area contributed by atoms with E-state index < -0.39 is 5.91 Å². The molecule has 146 valence electrons. The molecule has 8 heteroatoms. The van der Waals surface area contributed by atoms with Gasteiger partial charge in [0.25, 0.3) is 5.91 Å². The smallest absolute Gasteiger partial charge is 0.290 e. The van der Waals surface area contributed by atoms with Gasteiger partial charge in [0.1, 0.15) is 5.76 Å². The van der Waals surface area contributed by atoms with E-state index in [4.69, 9.17) is 36.8 Å². The number of carbonyl (C=O) groups is 1. The van der Waals surface area contributed by atoms with Gasteiger partial charge in [0, 0.05) is 24.2 Å². The number of amides is 1. The van der Waals surface area contributed by atoms with Crippen LogP contribution in [0.2, 0.25) is 10.0 Å². The maximum Gasteiger partial charge on any atom is 0.290 e. The predicted molar refractivity (Wildman–Crippen MR) is 105 cm³/mol. The molecule has 1 atom stereocenters. The lowest BCUT2D eigenvalue weighted by atomic mass is 10.2. The number of hydrogen-bond acceptors (Lipinski definition) is 5. The van der Waals surface area contributed by atoms with Crippen LogP contribution in [0.25, 0.3) is 11.0 Å². The van der Waals surface area contributed by atoms with Gasteiger partial charge >= 0.3 is 0 Å². The Hall–Kier alpha value is -2.28. The van der Waals surface area contributed by atoms with Crippen LogP contribution in [-0.4, -0.2) is 30.1 Å². The molecule has 0 spiro atoms. The summed E-state index contributed by atoms with van der Waals surface area (Å²) in [6.07, 6.45) is 3.31. The molecule has 1 amide bonds. The molecule has 1 fully saturated rings. The van der Waals surface area contributed by atoms with E-state index in [0.717, 1.165) is 12.8 Å². The number of furan rings is 1. The summed E-state index contributed by atoms with van der Waals surface area (Å²) in [5, 5.41) is 0.721. The minimum absolute atomic E-state index is 0.0616. The molecular formula is C20H17Cl2NO5. The summed E-state index contributed by atoms with van der Waals surface area (Å²) >= 11 is 12.1. The number of carbonyl (C=O) groups excluding carboxylic acids is 1. The molecule has 28 heavy (non-hydrogen) atoms. The Morgan fingerprint density at radius 2 is 2.11 bits per heavy atom. The Morgan fingerprint density at radius 1 is 1.25 bits per heavy atom. The van der Waals surface area contributed by atoms with Gasteiger partial charge in [-0.1, -0.05) is 23.2 Å². The number of nitrogens with zero attached hydrogens (tertiary/aromatic N) is 1. The lowest BCUT2D eigenvalue weighted by Crippen LogP contribution is -2.37. The van der Waals surface area contributed by atoms with Crippen molar-refractivity contribution >= 4 is 40.1 Å². The van der Waals surface area contributed by atoms with Gasteiger partial charge in [0.05, 0.1) is 29.3 Å². The molecule has 0 aliphatic carbocycles. The van der Waals surface area contributed by atoms with Crippen molar-refractivity contribution in [2.45, 2.75) is 25.5 Å². The summed E-state index contributed by atoms with van der Waals surface area (Å²) in [6, 6.07) is 7.64. The van der Waals surface area contributed by atoms with E-state index in [-0.39, 0.29) is 39.8 Å². The molecule has 0 radical (unpaired) electrons. The third-order valence-corrected chi connectivity index (χ3v) is 5.12. The van der Waals surface area contributed by atoms with E-state index >= 15 is 0 Å². The Bertz CT molecular complexity index is 1050. The summed E-state index contributed by atoms with van der Waals surface area (Å²) in [4.78, 5) is 27.2. The Morgan fingerprint density at radius 3 is 2.82 bits per heavy atom. The van der Waals surface area contributed by atoms with Crippen LogP contribution < -0.4 is 5.43 Å². The van der Waals surface area contributed by atoms with Crippen LogP contribution in [0.15, 0.2) is 50.2 Å². The summed E-state index contributed by atoms with van der Waals surface area (Å²) in [5.74, 6) is 0.0995. The second kappa shape index (κ2) is 7.99. The normalized spacial score (nSPS) is 16.6. The first kappa shape index (κ1) is 19.1. The van der Waals surface area contributed by atoms with Gasteiger partial charge in [-0.2, -0.15) is 0 Å². The molecule has 0 saturated carbocycles. The van der Waals surface area contributed by atoms with Gasteiger partial charge in [-0.25, -0.2) is 0 Å². The zero-order chi connectivity index (χ0) is 19.7. The highest BCUT2D eigenvalue weighted by Crippen LogP contribution is 2.27. The number of halogens is 2. The van der Waals surface area contributed by atoms with E-state index in [1.807, 2.05) is 0 Å². The van der Waals surface area contributed by atoms with E-state index in [9.17, 15) is 9.59 Å². The van der Waals surface area contributed by atoms with Crippen LogP contribution in [0.1, 0.15) is 29.2 Å². The molecule has 4 rings (SSSR count). The number of rotatable bonds is 5. The minimum atomic E-state index is -0.433. The highest BCUT2D eigenvalue weighted by molar-refractivity contribution is 6.38. The molecule has 0 N–H and O–H groups in total. The average molecular weight is 422 g/mol. The van der Waals surface area contributed by atoms with Crippen molar-refractivity contribution in [3.63, 3.8) is 0 Å². The van der Waals surface area contributed by atoms with Crippen molar-refractivity contribution < 1.29 is 18.4 Å². The molecule has 6 nitrogen and oxygen atoms in total. The first-order chi connectivity index (χ1) is 13.5. The number of fused-ring (bicyclic) bond motifs is 1. The molecule has 3 heterocycles. The molecule has 3 aromatic rings. The van der Waals surface area contributed by atoms with Gasteiger partial charge in [0.15, 0.2) is 16.8 Å². The monoisotopic (exact) mass is 421 g/mol. The van der Waals surface area contributed by atoms with Gasteiger partial charge in [-0.05, 0) is 37.1 Å². The maximum absolute atomic E-state index is 13.2. The zero-order valence-electron chi connectivity index (χ0n) is 14.8. The lowest BCUT2D eigenvalue weighted by Gasteiger charge is -2.24. The van der Waals surface area contributed by atoms with Gasteiger partial charge < -0.3 is 18.5 Å². The van der Waals surface area contributed by atoms with E-state index in [0.29, 0.717) is 23.9 Å². The molecule has 0 unspecified atom stereocenters. The SMILES string of the molecule is O=C(c1cc(=O)c2cc(Cl)cc(Cl)c2o1)N(Cc1ccco1)C[C@@H]1CCCO1. The number of hydrogen-bond donors (Lipinski definition) is 0. The summed E-state index contributed by atoms with van der Waals surface area (Å²) in [5.41, 5.74) is -0.249. The van der Waals surface area contributed by atoms with Crippen molar-refractivity contribution in [3.8, 4) is 0 Å². The van der Waals surface area contributed by atoms with E-state index in [1.165, 1.54) is 18.2 Å². The third-order valence-electron chi connectivity index (χ3n) is 4.62. The van der Waals surface area contributed by atoms with Gasteiger partial charge in [-0.15, -0.1) is 0 Å². The summed E-state index contributed by atoms with van der Waals surface area (Å²) in [7, 11) is 0. The fourth-order valence-corrected chi connectivity index (χ4v) is 3.82. The highest BCUT2D eigenvalue weighted by atomic mass is 35.5. The molecule has 1 aliphatic rings. The second-order valence-corrected chi connectivity index (χ2v) is 7.48. The Kier molecular flexibility index (Phi) is 5.44. The van der Waals surface area contributed by atoms with E-state index in [2.05, 4.69) is 0 Å². The summed E-state index contributed by atoms with van der Waals surface area (Å²) in [6.45, 7) is 1.28. The predicted octanol–water partition coefficient (Wildman–Crippen LogP) is 4.51. The topological polar surface area (TPSA) is 72.9 Å². The molecule has 1 aliphatic heterocycles.